The molecule has 0 saturated carbocycles. The van der Waals surface area contributed by atoms with E-state index in [-0.39, 0.29) is 0 Å². The van der Waals surface area contributed by atoms with E-state index in [2.05, 4.69) is 24.3 Å². The van der Waals surface area contributed by atoms with E-state index in [1.165, 1.54) is 16.7 Å². The second-order valence-corrected chi connectivity index (χ2v) is 5.97. The number of ether oxygens (including phenoxy) is 1. The van der Waals surface area contributed by atoms with E-state index < -0.39 is 0 Å². The van der Waals surface area contributed by atoms with Crippen molar-refractivity contribution in [3.63, 3.8) is 0 Å². The summed E-state index contributed by atoms with van der Waals surface area (Å²) in [5.41, 5.74) is 9.71. The van der Waals surface area contributed by atoms with Gasteiger partial charge in [0.05, 0.1) is 6.61 Å². The molecule has 0 amide bonds. The Hall–Kier alpha value is -1.51. The highest BCUT2D eigenvalue weighted by molar-refractivity contribution is 6.30. The van der Waals surface area contributed by atoms with Crippen LogP contribution in [0.15, 0.2) is 42.5 Å². The summed E-state index contributed by atoms with van der Waals surface area (Å²) in [5.74, 6) is 1.42. The van der Waals surface area contributed by atoms with Crippen LogP contribution in [0.3, 0.4) is 0 Å². The molecule has 110 valence electrons. The fourth-order valence-electron chi connectivity index (χ4n) is 3.01. The van der Waals surface area contributed by atoms with Crippen LogP contribution in [0.5, 0.6) is 5.75 Å². The van der Waals surface area contributed by atoms with Crippen molar-refractivity contribution < 1.29 is 4.74 Å². The summed E-state index contributed by atoms with van der Waals surface area (Å²) in [5, 5.41) is 0.804. The summed E-state index contributed by atoms with van der Waals surface area (Å²) in [6.45, 7) is 1.43. The van der Waals surface area contributed by atoms with E-state index in [1.54, 1.807) is 0 Å². The quantitative estimate of drug-likeness (QED) is 0.907. The number of benzene rings is 2. The normalized spacial score (nSPS) is 14.6. The van der Waals surface area contributed by atoms with Gasteiger partial charge < -0.3 is 10.5 Å². The number of nitrogens with two attached hydrogens (primary N) is 1. The first-order valence-electron chi connectivity index (χ1n) is 7.47. The lowest BCUT2D eigenvalue weighted by Crippen LogP contribution is -2.13. The number of rotatable bonds is 5. The third kappa shape index (κ3) is 3.22. The molecule has 0 fully saturated rings. The third-order valence-corrected chi connectivity index (χ3v) is 4.36. The van der Waals surface area contributed by atoms with Crippen molar-refractivity contribution in [3.8, 4) is 5.75 Å². The van der Waals surface area contributed by atoms with Crippen molar-refractivity contribution in [1.29, 1.82) is 0 Å². The second kappa shape index (κ2) is 6.50. The van der Waals surface area contributed by atoms with E-state index in [0.717, 1.165) is 36.6 Å². The van der Waals surface area contributed by atoms with Crippen molar-refractivity contribution in [2.45, 2.75) is 25.2 Å². The molecule has 2 nitrogen and oxygen atoms in total. The predicted molar refractivity (Wildman–Crippen MR) is 87.2 cm³/mol. The molecule has 1 atom stereocenters. The van der Waals surface area contributed by atoms with E-state index >= 15 is 0 Å². The number of halogens is 1. The molecule has 3 heteroatoms. The zero-order valence-corrected chi connectivity index (χ0v) is 12.8. The highest BCUT2D eigenvalue weighted by Gasteiger charge is 2.18. The molecule has 0 saturated heterocycles. The van der Waals surface area contributed by atoms with Gasteiger partial charge in [0.25, 0.3) is 0 Å². The van der Waals surface area contributed by atoms with E-state index in [0.29, 0.717) is 12.5 Å². The zero-order chi connectivity index (χ0) is 14.7. The first-order chi connectivity index (χ1) is 10.3. The van der Waals surface area contributed by atoms with Crippen LogP contribution in [0.4, 0.5) is 0 Å². The van der Waals surface area contributed by atoms with Crippen LogP contribution in [0.1, 0.15) is 29.0 Å². The Balaban J connectivity index is 1.75. The van der Waals surface area contributed by atoms with Gasteiger partial charge >= 0.3 is 0 Å². The number of fused-ring (bicyclic) bond motifs is 1. The highest BCUT2D eigenvalue weighted by Crippen LogP contribution is 2.34. The van der Waals surface area contributed by atoms with Gasteiger partial charge in [0, 0.05) is 11.4 Å². The maximum Gasteiger partial charge on any atom is 0.125 e. The zero-order valence-electron chi connectivity index (χ0n) is 12.0. The maximum absolute atomic E-state index is 6.21. The second-order valence-electron chi connectivity index (χ2n) is 5.53. The average molecular weight is 302 g/mol. The Labute approximate surface area is 130 Å². The standard InChI is InChI=1S/C18H20ClNO/c19-17-10-14(18-15(11-17)8-9-21-18)6-7-16(12-20)13-4-2-1-3-5-13/h1-5,10-11,16H,6-9,12,20H2. The predicted octanol–water partition coefficient (Wildman–Crippen LogP) is 3.95. The summed E-state index contributed by atoms with van der Waals surface area (Å²) in [7, 11) is 0. The van der Waals surface area contributed by atoms with Gasteiger partial charge in [-0.05, 0) is 54.1 Å². The van der Waals surface area contributed by atoms with Crippen molar-refractivity contribution in [2.24, 2.45) is 5.73 Å². The lowest BCUT2D eigenvalue weighted by molar-refractivity contribution is 0.353. The summed E-state index contributed by atoms with van der Waals surface area (Å²) < 4.78 is 5.77. The molecular formula is C18H20ClNO. The average Bonchev–Trinajstić information content (AvgIpc) is 2.97. The van der Waals surface area contributed by atoms with Gasteiger partial charge in [-0.2, -0.15) is 0 Å². The summed E-state index contributed by atoms with van der Waals surface area (Å²) in [6, 6.07) is 14.5. The lowest BCUT2D eigenvalue weighted by Gasteiger charge is -2.16. The van der Waals surface area contributed by atoms with Crippen molar-refractivity contribution in [1.82, 2.24) is 0 Å². The van der Waals surface area contributed by atoms with Crippen LogP contribution in [-0.2, 0) is 12.8 Å². The monoisotopic (exact) mass is 301 g/mol. The number of aryl methyl sites for hydroxylation is 1. The molecule has 21 heavy (non-hydrogen) atoms. The maximum atomic E-state index is 6.21. The van der Waals surface area contributed by atoms with Crippen LogP contribution in [0.25, 0.3) is 0 Å². The molecule has 2 N–H and O–H groups in total. The molecule has 1 unspecified atom stereocenters. The molecule has 2 aromatic rings. The summed E-state index contributed by atoms with van der Waals surface area (Å²) in [6.07, 6.45) is 2.91. The number of hydrogen-bond donors (Lipinski definition) is 1. The van der Waals surface area contributed by atoms with Gasteiger partial charge in [0.2, 0.25) is 0 Å². The van der Waals surface area contributed by atoms with Gasteiger partial charge in [-0.25, -0.2) is 0 Å². The van der Waals surface area contributed by atoms with Gasteiger partial charge in [-0.15, -0.1) is 0 Å². The van der Waals surface area contributed by atoms with E-state index in [9.17, 15) is 0 Å². The molecule has 0 radical (unpaired) electrons. The molecule has 1 aliphatic rings. The van der Waals surface area contributed by atoms with Gasteiger partial charge in [-0.3, -0.25) is 0 Å². The molecule has 0 aliphatic carbocycles. The van der Waals surface area contributed by atoms with Gasteiger partial charge in [0.15, 0.2) is 0 Å². The Morgan fingerprint density at radius 1 is 1.19 bits per heavy atom. The SMILES string of the molecule is NCC(CCc1cc(Cl)cc2c1OCC2)c1ccccc1. The topological polar surface area (TPSA) is 35.2 Å². The van der Waals surface area contributed by atoms with Crippen molar-refractivity contribution in [2.75, 3.05) is 13.2 Å². The molecule has 2 aromatic carbocycles. The Morgan fingerprint density at radius 2 is 2.00 bits per heavy atom. The van der Waals surface area contributed by atoms with Gasteiger partial charge in [0.1, 0.15) is 5.75 Å². The highest BCUT2D eigenvalue weighted by atomic mass is 35.5. The van der Waals surface area contributed by atoms with E-state index in [4.69, 9.17) is 22.1 Å². The Morgan fingerprint density at radius 3 is 2.76 bits per heavy atom. The first-order valence-corrected chi connectivity index (χ1v) is 7.85. The summed E-state index contributed by atoms with van der Waals surface area (Å²) >= 11 is 6.21. The Kier molecular flexibility index (Phi) is 4.47. The minimum Gasteiger partial charge on any atom is -0.493 e. The fraction of sp³-hybridized carbons (Fsp3) is 0.333. The van der Waals surface area contributed by atoms with Crippen LogP contribution >= 0.6 is 11.6 Å². The molecule has 0 aromatic heterocycles. The molecule has 0 spiro atoms. The van der Waals surface area contributed by atoms with Gasteiger partial charge in [-0.1, -0.05) is 41.9 Å². The lowest BCUT2D eigenvalue weighted by atomic mass is 9.92. The molecule has 0 bridgehead atoms. The van der Waals surface area contributed by atoms with Crippen LogP contribution in [0.2, 0.25) is 5.02 Å². The fourth-order valence-corrected chi connectivity index (χ4v) is 3.27. The molecular weight excluding hydrogens is 282 g/mol. The summed E-state index contributed by atoms with van der Waals surface area (Å²) in [4.78, 5) is 0. The minimum atomic E-state index is 0.377. The largest absolute Gasteiger partial charge is 0.493 e. The third-order valence-electron chi connectivity index (χ3n) is 4.14. The van der Waals surface area contributed by atoms with Crippen LogP contribution < -0.4 is 10.5 Å². The molecule has 3 rings (SSSR count). The Bertz CT molecular complexity index is 612. The minimum absolute atomic E-state index is 0.377. The smallest absolute Gasteiger partial charge is 0.125 e. The first kappa shape index (κ1) is 14.4. The molecule has 1 aliphatic heterocycles. The molecule has 1 heterocycles. The van der Waals surface area contributed by atoms with E-state index in [1.807, 2.05) is 18.2 Å². The van der Waals surface area contributed by atoms with Crippen molar-refractivity contribution in [3.05, 3.63) is 64.2 Å². The van der Waals surface area contributed by atoms with Crippen LogP contribution in [0, 0.1) is 0 Å². The van der Waals surface area contributed by atoms with Crippen molar-refractivity contribution >= 4 is 11.6 Å². The van der Waals surface area contributed by atoms with Crippen LogP contribution in [-0.4, -0.2) is 13.2 Å². The number of hydrogen-bond acceptors (Lipinski definition) is 2.